The van der Waals surface area contributed by atoms with Crippen molar-refractivity contribution in [2.75, 3.05) is 30.3 Å². The zero-order valence-electron chi connectivity index (χ0n) is 21.9. The fraction of sp³-hybridized carbons (Fsp3) is 0.500. The van der Waals surface area contributed by atoms with Gasteiger partial charge in [0.2, 0.25) is 5.95 Å². The first-order valence-corrected chi connectivity index (χ1v) is 14.2. The number of nitrogens with zero attached hydrogens (tertiary/aromatic N) is 5. The lowest BCUT2D eigenvalue weighted by molar-refractivity contribution is -0.118. The van der Waals surface area contributed by atoms with Crippen molar-refractivity contribution in [2.45, 2.75) is 57.2 Å². The number of hydrogen-bond donors (Lipinski definition) is 4. The van der Waals surface area contributed by atoms with E-state index in [1.54, 1.807) is 48.7 Å². The van der Waals surface area contributed by atoms with Crippen molar-refractivity contribution in [1.82, 2.24) is 24.6 Å². The van der Waals surface area contributed by atoms with Gasteiger partial charge in [0, 0.05) is 13.1 Å². The summed E-state index contributed by atoms with van der Waals surface area (Å²) in [6, 6.07) is 7.60. The number of ether oxygens (including phenoxy) is 1. The van der Waals surface area contributed by atoms with Gasteiger partial charge in [-0.1, -0.05) is 18.2 Å². The lowest BCUT2D eigenvalue weighted by Crippen LogP contribution is -2.52. The van der Waals surface area contributed by atoms with E-state index in [1.807, 2.05) is 0 Å². The number of anilines is 2. The van der Waals surface area contributed by atoms with Crippen LogP contribution in [0.2, 0.25) is 0 Å². The first-order chi connectivity index (χ1) is 18.5. The van der Waals surface area contributed by atoms with Gasteiger partial charge in [0.15, 0.2) is 23.2 Å². The largest absolute Gasteiger partial charge is 0.459 e. The van der Waals surface area contributed by atoms with Crippen LogP contribution in [0, 0.1) is 0 Å². The Hall–Kier alpha value is -3.13. The number of rotatable bonds is 10. The molecule has 2 aliphatic rings. The van der Waals surface area contributed by atoms with Crippen molar-refractivity contribution in [3.05, 3.63) is 36.7 Å². The maximum absolute atomic E-state index is 13.7. The number of aliphatic hydroxyl groups is 1. The Bertz CT molecular complexity index is 1400. The molecule has 39 heavy (non-hydrogen) atoms. The Morgan fingerprint density at radius 2 is 2.05 bits per heavy atom. The lowest BCUT2D eigenvalue weighted by atomic mass is 9.93. The molecule has 0 aliphatic carbocycles. The Labute approximate surface area is 225 Å². The second kappa shape index (κ2) is 10.5. The van der Waals surface area contributed by atoms with Gasteiger partial charge in [-0.05, 0) is 39.3 Å². The molecule has 2 saturated heterocycles. The SMILES string of the molecule is CC(=O)[C@H](C)NP(=O)(OC[C@H]1O[C@@H](n2cnc3c(N4CCC4)nc(N)nc32)[C@](C)(N)C1O)Oc1ccccc1. The van der Waals surface area contributed by atoms with Gasteiger partial charge in [-0.15, -0.1) is 0 Å². The summed E-state index contributed by atoms with van der Waals surface area (Å²) < 4.78 is 32.8. The molecule has 4 heterocycles. The number of para-hydroxylation sites is 1. The fourth-order valence-electron chi connectivity index (χ4n) is 4.48. The molecular weight excluding hydrogens is 527 g/mol. The van der Waals surface area contributed by atoms with Gasteiger partial charge in [-0.2, -0.15) is 9.97 Å². The molecule has 1 aromatic carbocycles. The van der Waals surface area contributed by atoms with E-state index < -0.39 is 37.8 Å². The average molecular weight is 561 g/mol. The second-order valence-corrected chi connectivity index (χ2v) is 11.8. The van der Waals surface area contributed by atoms with Gasteiger partial charge in [0.25, 0.3) is 0 Å². The Kier molecular flexibility index (Phi) is 7.35. The molecule has 0 radical (unpaired) electrons. The maximum atomic E-state index is 13.7. The van der Waals surface area contributed by atoms with E-state index in [4.69, 9.17) is 25.3 Å². The minimum atomic E-state index is -4.08. The molecule has 15 heteroatoms. The first kappa shape index (κ1) is 27.4. The number of carbonyl (C=O) groups excluding carboxylic acids is 1. The van der Waals surface area contributed by atoms with Gasteiger partial charge in [0.1, 0.15) is 23.7 Å². The third kappa shape index (κ3) is 5.36. The van der Waals surface area contributed by atoms with Gasteiger partial charge < -0.3 is 30.7 Å². The molecule has 2 unspecified atom stereocenters. The summed E-state index contributed by atoms with van der Waals surface area (Å²) in [5, 5.41) is 13.8. The third-order valence-electron chi connectivity index (χ3n) is 6.99. The average Bonchev–Trinajstić information content (AvgIpc) is 3.35. The highest BCUT2D eigenvalue weighted by Gasteiger charge is 2.53. The van der Waals surface area contributed by atoms with Gasteiger partial charge in [-0.25, -0.2) is 14.6 Å². The van der Waals surface area contributed by atoms with E-state index in [0.29, 0.717) is 17.0 Å². The smallest absolute Gasteiger partial charge is 0.413 e. The van der Waals surface area contributed by atoms with E-state index in [1.165, 1.54) is 13.3 Å². The summed E-state index contributed by atoms with van der Waals surface area (Å²) in [5.74, 6) is 0.726. The molecule has 3 aromatic rings. The zero-order valence-corrected chi connectivity index (χ0v) is 22.8. The Morgan fingerprint density at radius 3 is 2.69 bits per heavy atom. The maximum Gasteiger partial charge on any atom is 0.459 e. The molecule has 0 bridgehead atoms. The van der Waals surface area contributed by atoms with Gasteiger partial charge >= 0.3 is 7.75 Å². The zero-order chi connectivity index (χ0) is 27.9. The number of ketones is 1. The number of carbonyl (C=O) groups is 1. The highest BCUT2D eigenvalue weighted by molar-refractivity contribution is 7.52. The quantitative estimate of drug-likeness (QED) is 0.260. The number of imidazole rings is 1. The third-order valence-corrected chi connectivity index (χ3v) is 8.64. The summed E-state index contributed by atoms with van der Waals surface area (Å²) in [6.07, 6.45) is -0.580. The van der Waals surface area contributed by atoms with Gasteiger partial charge in [0.05, 0.1) is 24.5 Å². The van der Waals surface area contributed by atoms with E-state index >= 15 is 0 Å². The highest BCUT2D eigenvalue weighted by Crippen LogP contribution is 2.47. The van der Waals surface area contributed by atoms with Crippen molar-refractivity contribution in [3.63, 3.8) is 0 Å². The molecule has 210 valence electrons. The summed E-state index contributed by atoms with van der Waals surface area (Å²) in [7, 11) is -4.08. The van der Waals surface area contributed by atoms with Crippen LogP contribution in [0.4, 0.5) is 11.8 Å². The van der Waals surface area contributed by atoms with Crippen LogP contribution in [0.25, 0.3) is 11.2 Å². The topological polar surface area (TPSA) is 193 Å². The van der Waals surface area contributed by atoms with Crippen molar-refractivity contribution in [2.24, 2.45) is 5.73 Å². The van der Waals surface area contributed by atoms with Gasteiger partial charge in [-0.3, -0.25) is 13.9 Å². The van der Waals surface area contributed by atoms with Crippen LogP contribution < -0.4 is 26.0 Å². The van der Waals surface area contributed by atoms with Crippen LogP contribution in [-0.4, -0.2) is 73.9 Å². The van der Waals surface area contributed by atoms with Crippen LogP contribution in [-0.2, 0) is 18.6 Å². The number of nitrogen functional groups attached to an aromatic ring is 1. The van der Waals surface area contributed by atoms with Crippen LogP contribution in [0.3, 0.4) is 0 Å². The number of nitrogens with one attached hydrogen (secondary N) is 1. The Balaban J connectivity index is 1.38. The van der Waals surface area contributed by atoms with Crippen molar-refractivity contribution < 1.29 is 28.3 Å². The van der Waals surface area contributed by atoms with Crippen LogP contribution >= 0.6 is 7.75 Å². The minimum Gasteiger partial charge on any atom is -0.413 e. The second-order valence-electron chi connectivity index (χ2n) is 10.1. The summed E-state index contributed by atoms with van der Waals surface area (Å²) in [5.41, 5.74) is 12.2. The molecule has 0 saturated carbocycles. The predicted octanol–water partition coefficient (Wildman–Crippen LogP) is 1.37. The summed E-state index contributed by atoms with van der Waals surface area (Å²) >= 11 is 0. The lowest BCUT2D eigenvalue weighted by Gasteiger charge is -2.32. The molecule has 2 aliphatic heterocycles. The van der Waals surface area contributed by atoms with Crippen molar-refractivity contribution in [3.8, 4) is 5.75 Å². The normalized spacial score (nSPS) is 27.2. The molecule has 2 fully saturated rings. The molecule has 0 spiro atoms. The standard InChI is InChI=1S/C24H33N8O6P/c1-14(15(2)33)30-39(35,38-16-8-5-4-6-9-16)36-12-17-19(34)24(3,26)22(37-17)32-13-27-18-20(31-10-7-11-31)28-23(25)29-21(18)32/h4-6,8-9,13-14,17,19,22,34H,7,10-12,26H2,1-3H3,(H,30,35)(H2,25,28,29)/t14-,17+,19?,22+,24+,39?/m0/s1. The van der Waals surface area contributed by atoms with E-state index in [0.717, 1.165) is 19.5 Å². The van der Waals surface area contributed by atoms with E-state index in [9.17, 15) is 14.5 Å². The number of nitrogens with two attached hydrogens (primary N) is 2. The summed E-state index contributed by atoms with van der Waals surface area (Å²) in [6.45, 7) is 5.86. The number of aromatic nitrogens is 4. The first-order valence-electron chi connectivity index (χ1n) is 12.6. The molecule has 0 amide bonds. The number of fused-ring (bicyclic) bond motifs is 1. The highest BCUT2D eigenvalue weighted by atomic mass is 31.2. The van der Waals surface area contributed by atoms with Crippen molar-refractivity contribution >= 4 is 36.5 Å². The number of Topliss-reactive ketones (excluding diaryl/α,β-unsaturated/α-hetero) is 1. The Morgan fingerprint density at radius 1 is 1.33 bits per heavy atom. The molecule has 5 rings (SSSR count). The molecular formula is C24H33N8O6P. The molecule has 14 nitrogen and oxygen atoms in total. The molecule has 2 aromatic heterocycles. The van der Waals surface area contributed by atoms with Crippen LogP contribution in [0.1, 0.15) is 33.4 Å². The van der Waals surface area contributed by atoms with E-state index in [-0.39, 0.29) is 24.1 Å². The monoisotopic (exact) mass is 560 g/mol. The van der Waals surface area contributed by atoms with E-state index in [2.05, 4.69) is 24.9 Å². The predicted molar refractivity (Wildman–Crippen MR) is 143 cm³/mol. The van der Waals surface area contributed by atoms with Crippen LogP contribution in [0.5, 0.6) is 5.75 Å². The van der Waals surface area contributed by atoms with Crippen molar-refractivity contribution in [1.29, 1.82) is 0 Å². The number of benzene rings is 1. The summed E-state index contributed by atoms with van der Waals surface area (Å²) in [4.78, 5) is 27.1. The number of aliphatic hydroxyl groups excluding tert-OH is 1. The van der Waals surface area contributed by atoms with Crippen LogP contribution in [0.15, 0.2) is 36.7 Å². The fourth-order valence-corrected chi connectivity index (χ4v) is 6.06. The number of hydrogen-bond acceptors (Lipinski definition) is 12. The molecule has 6 atom stereocenters. The molecule has 6 N–H and O–H groups in total. The minimum absolute atomic E-state index is 0.0768.